The third kappa shape index (κ3) is 1.38. The first-order valence-corrected chi connectivity index (χ1v) is 8.14. The van der Waals surface area contributed by atoms with Gasteiger partial charge < -0.3 is 9.64 Å². The van der Waals surface area contributed by atoms with Gasteiger partial charge in [0.15, 0.2) is 0 Å². The predicted octanol–water partition coefficient (Wildman–Crippen LogP) is 1.73. The molecule has 4 aliphatic carbocycles. The highest BCUT2D eigenvalue weighted by molar-refractivity contribution is 5.90. The SMILES string of the molecule is O=C1O[C@@H]2C[C@@H]1N(C(=O)C13CC4CC(CC(C4)C1)C3)C2. The van der Waals surface area contributed by atoms with Crippen molar-refractivity contribution in [2.45, 2.75) is 57.1 Å². The Hall–Kier alpha value is -1.06. The molecule has 0 aromatic carbocycles. The Bertz CT molecular complexity index is 465. The molecule has 0 unspecified atom stereocenters. The Balaban J connectivity index is 1.45. The molecule has 0 radical (unpaired) electrons. The Labute approximate surface area is 118 Å². The lowest BCUT2D eigenvalue weighted by Crippen LogP contribution is -2.57. The maximum atomic E-state index is 13.2. The average molecular weight is 275 g/mol. The van der Waals surface area contributed by atoms with Crippen molar-refractivity contribution in [2.24, 2.45) is 23.2 Å². The van der Waals surface area contributed by atoms with Crippen LogP contribution < -0.4 is 0 Å². The standard InChI is InChI=1S/C16H21NO3/c18-14-13-4-12(20-14)8-17(13)15(19)16-5-9-1-10(6-16)3-11(2-9)7-16/h9-13H,1-8H2/t9?,10?,11?,12-,13+,16?/m1/s1. The van der Waals surface area contributed by atoms with Crippen molar-refractivity contribution in [3.63, 3.8) is 0 Å². The second kappa shape index (κ2) is 3.58. The molecule has 1 amide bonds. The van der Waals surface area contributed by atoms with Crippen molar-refractivity contribution in [3.8, 4) is 0 Å². The van der Waals surface area contributed by atoms with Crippen LogP contribution in [-0.2, 0) is 14.3 Å². The molecule has 6 fully saturated rings. The summed E-state index contributed by atoms with van der Waals surface area (Å²) in [5.41, 5.74) is -0.112. The highest BCUT2D eigenvalue weighted by Crippen LogP contribution is 2.61. The third-order valence-electron chi connectivity index (χ3n) is 6.57. The van der Waals surface area contributed by atoms with E-state index in [2.05, 4.69) is 0 Å². The third-order valence-corrected chi connectivity index (χ3v) is 6.57. The van der Waals surface area contributed by atoms with Crippen molar-refractivity contribution in [1.82, 2.24) is 4.90 Å². The molecule has 20 heavy (non-hydrogen) atoms. The van der Waals surface area contributed by atoms with E-state index in [1.54, 1.807) is 0 Å². The number of carbonyl (C=O) groups excluding carboxylic acids is 2. The number of likely N-dealkylation sites (tertiary alicyclic amines) is 1. The lowest BCUT2D eigenvalue weighted by Gasteiger charge is -2.56. The van der Waals surface area contributed by atoms with Crippen molar-refractivity contribution >= 4 is 11.9 Å². The molecule has 0 aromatic heterocycles. The molecule has 0 spiro atoms. The summed E-state index contributed by atoms with van der Waals surface area (Å²) in [6, 6.07) is -0.263. The Morgan fingerprint density at radius 2 is 1.65 bits per heavy atom. The van der Waals surface area contributed by atoms with Crippen LogP contribution in [0.15, 0.2) is 0 Å². The lowest BCUT2D eigenvalue weighted by molar-refractivity contribution is -0.169. The molecule has 4 heteroatoms. The average Bonchev–Trinajstić information content (AvgIpc) is 2.95. The molecule has 2 heterocycles. The van der Waals surface area contributed by atoms with Gasteiger partial charge in [0, 0.05) is 6.42 Å². The fourth-order valence-corrected chi connectivity index (χ4v) is 6.25. The first-order chi connectivity index (χ1) is 9.63. The van der Waals surface area contributed by atoms with E-state index in [9.17, 15) is 9.59 Å². The molecular weight excluding hydrogens is 254 g/mol. The number of hydrogen-bond donors (Lipinski definition) is 0. The fourth-order valence-electron chi connectivity index (χ4n) is 6.25. The number of hydrogen-bond acceptors (Lipinski definition) is 3. The van der Waals surface area contributed by atoms with Crippen molar-refractivity contribution < 1.29 is 14.3 Å². The molecular formula is C16H21NO3. The van der Waals surface area contributed by atoms with Gasteiger partial charge in [-0.2, -0.15) is 0 Å². The smallest absolute Gasteiger partial charge is 0.329 e. The zero-order chi connectivity index (χ0) is 13.5. The van der Waals surface area contributed by atoms with E-state index in [-0.39, 0.29) is 23.5 Å². The largest absolute Gasteiger partial charge is 0.459 e. The van der Waals surface area contributed by atoms with Crippen LogP contribution in [0.4, 0.5) is 0 Å². The van der Waals surface area contributed by atoms with Crippen LogP contribution in [0.1, 0.15) is 44.9 Å². The van der Waals surface area contributed by atoms with E-state index in [4.69, 9.17) is 4.74 Å². The monoisotopic (exact) mass is 275 g/mol. The minimum Gasteiger partial charge on any atom is -0.459 e. The van der Waals surface area contributed by atoms with Gasteiger partial charge in [-0.15, -0.1) is 0 Å². The molecule has 0 N–H and O–H groups in total. The first kappa shape index (κ1) is 11.6. The van der Waals surface area contributed by atoms with Gasteiger partial charge in [-0.1, -0.05) is 0 Å². The van der Waals surface area contributed by atoms with Crippen LogP contribution in [0.3, 0.4) is 0 Å². The molecule has 0 aromatic rings. The summed E-state index contributed by atoms with van der Waals surface area (Å²) < 4.78 is 5.23. The summed E-state index contributed by atoms with van der Waals surface area (Å²) in [7, 11) is 0. The maximum absolute atomic E-state index is 13.2. The van der Waals surface area contributed by atoms with Crippen LogP contribution in [0.2, 0.25) is 0 Å². The van der Waals surface area contributed by atoms with Crippen molar-refractivity contribution in [2.75, 3.05) is 6.54 Å². The number of morpholine rings is 1. The number of nitrogens with zero attached hydrogens (tertiary/aromatic N) is 1. The van der Waals surface area contributed by atoms with E-state index < -0.39 is 0 Å². The normalized spacial score (nSPS) is 51.7. The van der Waals surface area contributed by atoms with Crippen LogP contribution in [0.25, 0.3) is 0 Å². The molecule has 6 aliphatic rings. The van der Waals surface area contributed by atoms with Gasteiger partial charge in [-0.3, -0.25) is 4.79 Å². The molecule has 2 saturated heterocycles. The van der Waals surface area contributed by atoms with E-state index >= 15 is 0 Å². The Morgan fingerprint density at radius 1 is 1.05 bits per heavy atom. The van der Waals surface area contributed by atoms with E-state index in [0.29, 0.717) is 12.5 Å². The summed E-state index contributed by atoms with van der Waals surface area (Å²) in [5, 5.41) is 0. The van der Waals surface area contributed by atoms with Gasteiger partial charge in [-0.05, 0) is 56.3 Å². The fraction of sp³-hybridized carbons (Fsp3) is 0.875. The lowest BCUT2D eigenvalue weighted by atomic mass is 9.49. The van der Waals surface area contributed by atoms with E-state index in [1.807, 2.05) is 4.90 Å². The van der Waals surface area contributed by atoms with Crippen molar-refractivity contribution in [3.05, 3.63) is 0 Å². The second-order valence-electron chi connectivity index (χ2n) is 7.97. The predicted molar refractivity (Wildman–Crippen MR) is 70.6 cm³/mol. The molecule has 6 bridgehead atoms. The van der Waals surface area contributed by atoms with Crippen LogP contribution in [0, 0.1) is 23.2 Å². The number of rotatable bonds is 1. The van der Waals surface area contributed by atoms with Gasteiger partial charge in [0.1, 0.15) is 12.1 Å². The van der Waals surface area contributed by atoms with Gasteiger partial charge in [0.2, 0.25) is 5.91 Å². The Morgan fingerprint density at radius 3 is 2.15 bits per heavy atom. The number of esters is 1. The number of ether oxygens (including phenoxy) is 1. The second-order valence-corrected chi connectivity index (χ2v) is 7.97. The minimum absolute atomic E-state index is 0.0228. The van der Waals surface area contributed by atoms with Gasteiger partial charge in [0.25, 0.3) is 0 Å². The molecule has 2 atom stereocenters. The minimum atomic E-state index is -0.263. The molecule has 2 aliphatic heterocycles. The zero-order valence-corrected chi connectivity index (χ0v) is 11.7. The van der Waals surface area contributed by atoms with Gasteiger partial charge in [0.05, 0.1) is 12.0 Å². The topological polar surface area (TPSA) is 46.6 Å². The molecule has 6 rings (SSSR count). The maximum Gasteiger partial charge on any atom is 0.329 e. The highest BCUT2D eigenvalue weighted by Gasteiger charge is 2.59. The van der Waals surface area contributed by atoms with Gasteiger partial charge in [-0.25, -0.2) is 4.79 Å². The quantitative estimate of drug-likeness (QED) is 0.685. The van der Waals surface area contributed by atoms with Crippen molar-refractivity contribution in [1.29, 1.82) is 0 Å². The van der Waals surface area contributed by atoms with E-state index in [0.717, 1.165) is 43.4 Å². The molecule has 108 valence electrons. The molecule has 4 nitrogen and oxygen atoms in total. The summed E-state index contributed by atoms with van der Waals surface area (Å²) >= 11 is 0. The number of carbonyl (C=O) groups is 2. The highest BCUT2D eigenvalue weighted by atomic mass is 16.6. The summed E-state index contributed by atoms with van der Waals surface area (Å²) in [6.07, 6.45) is 8.01. The van der Waals surface area contributed by atoms with E-state index in [1.165, 1.54) is 19.3 Å². The van der Waals surface area contributed by atoms with Gasteiger partial charge >= 0.3 is 5.97 Å². The van der Waals surface area contributed by atoms with Crippen LogP contribution >= 0.6 is 0 Å². The number of fused-ring (bicyclic) bond motifs is 2. The Kier molecular flexibility index (Phi) is 2.07. The summed E-state index contributed by atoms with van der Waals surface area (Å²) in [5.74, 6) is 2.45. The number of amides is 1. The molecule has 4 saturated carbocycles. The first-order valence-electron chi connectivity index (χ1n) is 8.14. The summed E-state index contributed by atoms with van der Waals surface area (Å²) in [4.78, 5) is 26.8. The van der Waals surface area contributed by atoms with Crippen LogP contribution in [0.5, 0.6) is 0 Å². The summed E-state index contributed by atoms with van der Waals surface area (Å²) in [6.45, 7) is 0.650. The zero-order valence-electron chi connectivity index (χ0n) is 11.7. The van der Waals surface area contributed by atoms with Crippen LogP contribution in [-0.4, -0.2) is 35.5 Å².